The Bertz CT molecular complexity index is 1000. The molecule has 8 heteroatoms. The van der Waals surface area contributed by atoms with Crippen LogP contribution in [0.1, 0.15) is 30.9 Å². The molecule has 0 fully saturated rings. The van der Waals surface area contributed by atoms with Crippen molar-refractivity contribution in [2.75, 3.05) is 17.0 Å². The lowest BCUT2D eigenvalue weighted by Crippen LogP contribution is -2.36. The van der Waals surface area contributed by atoms with Gasteiger partial charge in [0.05, 0.1) is 10.6 Å². The van der Waals surface area contributed by atoms with Crippen molar-refractivity contribution >= 4 is 25.7 Å². The molecule has 1 N–H and O–H groups in total. The Labute approximate surface area is 161 Å². The van der Waals surface area contributed by atoms with Crippen LogP contribution in [-0.2, 0) is 33.0 Å². The number of nitrogens with one attached hydrogen (secondary N) is 1. The summed E-state index contributed by atoms with van der Waals surface area (Å²) in [7, 11) is -6.96. The number of rotatable bonds is 7. The van der Waals surface area contributed by atoms with Crippen LogP contribution < -0.4 is 4.72 Å². The number of anilines is 1. The third-order valence-electron chi connectivity index (χ3n) is 4.60. The summed E-state index contributed by atoms with van der Waals surface area (Å²) in [4.78, 5) is 0.268. The standard InChI is InChI=1S/C19H24N2O4S2/c1-2-3-13-26(22,23)20-18-10-9-16-11-12-21(15-17(16)14-18)27(24,25)19-7-5-4-6-8-19/h4-10,14,20H,2-3,11-13,15H2,1H3. The average Bonchev–Trinajstić information content (AvgIpc) is 2.66. The Morgan fingerprint density at radius 1 is 1.00 bits per heavy atom. The molecule has 0 bridgehead atoms. The van der Waals surface area contributed by atoms with Gasteiger partial charge in [0.15, 0.2) is 0 Å². The first-order valence-corrected chi connectivity index (χ1v) is 12.1. The van der Waals surface area contributed by atoms with Gasteiger partial charge in [-0.05, 0) is 48.2 Å². The maximum atomic E-state index is 12.8. The van der Waals surface area contributed by atoms with Crippen LogP contribution in [0.25, 0.3) is 0 Å². The number of sulfonamides is 2. The van der Waals surface area contributed by atoms with Crippen molar-refractivity contribution in [1.82, 2.24) is 4.31 Å². The highest BCUT2D eigenvalue weighted by Crippen LogP contribution is 2.27. The van der Waals surface area contributed by atoms with Crippen LogP contribution in [0.2, 0.25) is 0 Å². The van der Waals surface area contributed by atoms with Crippen molar-refractivity contribution in [1.29, 1.82) is 0 Å². The molecule has 146 valence electrons. The van der Waals surface area contributed by atoms with E-state index in [1.165, 1.54) is 4.31 Å². The molecular formula is C19H24N2O4S2. The van der Waals surface area contributed by atoms with E-state index in [9.17, 15) is 16.8 Å². The van der Waals surface area contributed by atoms with Gasteiger partial charge in [-0.25, -0.2) is 16.8 Å². The lowest BCUT2D eigenvalue weighted by molar-refractivity contribution is 0.391. The maximum absolute atomic E-state index is 12.8. The van der Waals surface area contributed by atoms with Gasteiger partial charge in [-0.2, -0.15) is 4.31 Å². The number of hydrogen-bond donors (Lipinski definition) is 1. The van der Waals surface area contributed by atoms with Crippen molar-refractivity contribution in [2.45, 2.75) is 37.6 Å². The summed E-state index contributed by atoms with van der Waals surface area (Å²) in [6.45, 7) is 2.58. The molecule has 3 rings (SSSR count). The van der Waals surface area contributed by atoms with Crippen LogP contribution in [0.15, 0.2) is 53.4 Å². The molecule has 2 aromatic rings. The summed E-state index contributed by atoms with van der Waals surface area (Å²) in [6, 6.07) is 13.7. The summed E-state index contributed by atoms with van der Waals surface area (Å²) in [5, 5.41) is 0. The van der Waals surface area contributed by atoms with Crippen LogP contribution >= 0.6 is 0 Å². The molecule has 2 aromatic carbocycles. The maximum Gasteiger partial charge on any atom is 0.243 e. The quantitative estimate of drug-likeness (QED) is 0.763. The molecular weight excluding hydrogens is 384 g/mol. The number of unbranched alkanes of at least 4 members (excludes halogenated alkanes) is 1. The third-order valence-corrected chi connectivity index (χ3v) is 7.84. The second-order valence-corrected chi connectivity index (χ2v) is 10.4. The van der Waals surface area contributed by atoms with E-state index in [0.717, 1.165) is 17.5 Å². The first-order valence-electron chi connectivity index (χ1n) is 8.99. The Morgan fingerprint density at radius 3 is 2.44 bits per heavy atom. The molecule has 1 heterocycles. The monoisotopic (exact) mass is 408 g/mol. The van der Waals surface area contributed by atoms with Crippen molar-refractivity contribution in [3.05, 3.63) is 59.7 Å². The van der Waals surface area contributed by atoms with Crippen LogP contribution in [0.4, 0.5) is 5.69 Å². The molecule has 0 amide bonds. The van der Waals surface area contributed by atoms with Gasteiger partial charge in [0.2, 0.25) is 20.0 Å². The van der Waals surface area contributed by atoms with Crippen LogP contribution in [0.5, 0.6) is 0 Å². The first kappa shape index (κ1) is 19.9. The summed E-state index contributed by atoms with van der Waals surface area (Å²) in [6.07, 6.45) is 2.00. The summed E-state index contributed by atoms with van der Waals surface area (Å²) in [5.41, 5.74) is 2.35. The van der Waals surface area contributed by atoms with Gasteiger partial charge in [-0.1, -0.05) is 37.6 Å². The Kier molecular flexibility index (Phi) is 5.88. The van der Waals surface area contributed by atoms with Crippen molar-refractivity contribution in [2.24, 2.45) is 0 Å². The zero-order valence-electron chi connectivity index (χ0n) is 15.3. The highest BCUT2D eigenvalue weighted by molar-refractivity contribution is 7.92. The van der Waals surface area contributed by atoms with Crippen LogP contribution in [0.3, 0.4) is 0 Å². The Hall–Kier alpha value is -1.90. The fraction of sp³-hybridized carbons (Fsp3) is 0.368. The molecule has 1 aliphatic heterocycles. The molecule has 0 spiro atoms. The lowest BCUT2D eigenvalue weighted by Gasteiger charge is -2.28. The number of benzene rings is 2. The highest BCUT2D eigenvalue weighted by atomic mass is 32.2. The van der Waals surface area contributed by atoms with E-state index < -0.39 is 20.0 Å². The average molecular weight is 409 g/mol. The number of hydrogen-bond acceptors (Lipinski definition) is 4. The smallest absolute Gasteiger partial charge is 0.243 e. The van der Waals surface area contributed by atoms with E-state index in [2.05, 4.69) is 4.72 Å². The second kappa shape index (κ2) is 8.00. The zero-order valence-corrected chi connectivity index (χ0v) is 16.9. The van der Waals surface area contributed by atoms with E-state index in [4.69, 9.17) is 0 Å². The Balaban J connectivity index is 1.81. The predicted octanol–water partition coefficient (Wildman–Crippen LogP) is 2.98. The first-order chi connectivity index (χ1) is 12.8. The van der Waals surface area contributed by atoms with Crippen molar-refractivity contribution in [3.8, 4) is 0 Å². The number of fused-ring (bicyclic) bond motifs is 1. The van der Waals surface area contributed by atoms with Crippen LogP contribution in [0, 0.1) is 0 Å². The molecule has 27 heavy (non-hydrogen) atoms. The summed E-state index contributed by atoms with van der Waals surface area (Å²) >= 11 is 0. The lowest BCUT2D eigenvalue weighted by atomic mass is 10.0. The zero-order chi connectivity index (χ0) is 19.5. The largest absolute Gasteiger partial charge is 0.284 e. The molecule has 6 nitrogen and oxygen atoms in total. The molecule has 0 unspecified atom stereocenters. The SMILES string of the molecule is CCCCS(=O)(=O)Nc1ccc2c(c1)CN(S(=O)(=O)c1ccccc1)CC2. The minimum atomic E-state index is -3.57. The minimum absolute atomic E-state index is 0.0785. The van der Waals surface area contributed by atoms with E-state index in [1.807, 2.05) is 13.0 Å². The fourth-order valence-electron chi connectivity index (χ4n) is 3.11. The van der Waals surface area contributed by atoms with Crippen molar-refractivity contribution in [3.63, 3.8) is 0 Å². The van der Waals surface area contributed by atoms with Crippen LogP contribution in [-0.4, -0.2) is 33.4 Å². The normalized spacial score (nSPS) is 15.3. The molecule has 0 saturated carbocycles. The molecule has 0 atom stereocenters. The minimum Gasteiger partial charge on any atom is -0.284 e. The fourth-order valence-corrected chi connectivity index (χ4v) is 5.80. The summed E-state index contributed by atoms with van der Waals surface area (Å²) < 4.78 is 54.0. The van der Waals surface area contributed by atoms with Gasteiger partial charge < -0.3 is 0 Å². The highest BCUT2D eigenvalue weighted by Gasteiger charge is 2.28. The second-order valence-electron chi connectivity index (χ2n) is 6.66. The predicted molar refractivity (Wildman–Crippen MR) is 107 cm³/mol. The van der Waals surface area contributed by atoms with Gasteiger partial charge in [0.1, 0.15) is 0 Å². The van der Waals surface area contributed by atoms with E-state index in [-0.39, 0.29) is 17.2 Å². The van der Waals surface area contributed by atoms with Crippen molar-refractivity contribution < 1.29 is 16.8 Å². The third kappa shape index (κ3) is 4.69. The Morgan fingerprint density at radius 2 is 1.74 bits per heavy atom. The summed E-state index contributed by atoms with van der Waals surface area (Å²) in [5.74, 6) is 0.0785. The molecule has 0 aliphatic carbocycles. The van der Waals surface area contributed by atoms with Gasteiger partial charge in [0, 0.05) is 18.8 Å². The van der Waals surface area contributed by atoms with E-state index >= 15 is 0 Å². The molecule has 0 radical (unpaired) electrons. The molecule has 1 aliphatic rings. The molecule has 0 aromatic heterocycles. The van der Waals surface area contributed by atoms with Gasteiger partial charge in [-0.15, -0.1) is 0 Å². The topological polar surface area (TPSA) is 83.6 Å². The van der Waals surface area contributed by atoms with Gasteiger partial charge in [0.25, 0.3) is 0 Å². The number of nitrogens with zero attached hydrogens (tertiary/aromatic N) is 1. The van der Waals surface area contributed by atoms with Gasteiger partial charge >= 0.3 is 0 Å². The molecule has 0 saturated heterocycles. The van der Waals surface area contributed by atoms with E-state index in [1.54, 1.807) is 42.5 Å². The van der Waals surface area contributed by atoms with Gasteiger partial charge in [-0.3, -0.25) is 4.72 Å². The van der Waals surface area contributed by atoms with E-state index in [0.29, 0.717) is 25.1 Å².